The van der Waals surface area contributed by atoms with Crippen molar-refractivity contribution in [1.29, 1.82) is 0 Å². The molecule has 0 N–H and O–H groups in total. The van der Waals surface area contributed by atoms with Crippen molar-refractivity contribution in [2.45, 2.75) is 46.0 Å². The number of aryl methyl sites for hydroxylation is 1. The van der Waals surface area contributed by atoms with Crippen molar-refractivity contribution < 1.29 is 0 Å². The van der Waals surface area contributed by atoms with Gasteiger partial charge in [0.05, 0.1) is 0 Å². The van der Waals surface area contributed by atoms with E-state index in [9.17, 15) is 0 Å². The third-order valence-electron chi connectivity index (χ3n) is 3.19. The molecule has 80 valence electrons. The largest absolute Gasteiger partial charge is 0.0795 e. The van der Waals surface area contributed by atoms with E-state index >= 15 is 0 Å². The van der Waals surface area contributed by atoms with Gasteiger partial charge in [0.15, 0.2) is 0 Å². The number of allylic oxidation sites excluding steroid dienone is 1. The molecule has 1 aliphatic carbocycles. The van der Waals surface area contributed by atoms with Crippen molar-refractivity contribution >= 4 is 6.08 Å². The van der Waals surface area contributed by atoms with Gasteiger partial charge in [0.1, 0.15) is 0 Å². The van der Waals surface area contributed by atoms with Crippen molar-refractivity contribution in [1.82, 2.24) is 0 Å². The molecule has 15 heavy (non-hydrogen) atoms. The van der Waals surface area contributed by atoms with Gasteiger partial charge in [-0.05, 0) is 41.5 Å². The Balaban J connectivity index is 2.42. The van der Waals surface area contributed by atoms with Crippen molar-refractivity contribution in [2.24, 2.45) is 0 Å². The standard InChI is InChI=1S/C15H20/c1-3-6-12-10-11-13-8-5-9-15(13)14(12)7-4-2/h5,9-11H,3-4,6-8H2,1-2H3. The fourth-order valence-electron chi connectivity index (χ4n) is 2.50. The molecule has 0 bridgehead atoms. The fraction of sp³-hybridized carbons (Fsp3) is 0.467. The smallest absolute Gasteiger partial charge is 0.00881 e. The molecule has 0 saturated carbocycles. The lowest BCUT2D eigenvalue weighted by Crippen LogP contribution is -1.99. The lowest BCUT2D eigenvalue weighted by Gasteiger charge is -2.13. The molecule has 0 aromatic heterocycles. The zero-order valence-electron chi connectivity index (χ0n) is 9.84. The molecular formula is C15H20. The predicted octanol–water partition coefficient (Wildman–Crippen LogP) is 4.16. The molecule has 0 saturated heterocycles. The summed E-state index contributed by atoms with van der Waals surface area (Å²) in [6, 6.07) is 4.67. The second-order valence-electron chi connectivity index (χ2n) is 4.38. The highest BCUT2D eigenvalue weighted by atomic mass is 14.2. The molecule has 1 aromatic carbocycles. The van der Waals surface area contributed by atoms with Gasteiger partial charge in [0.2, 0.25) is 0 Å². The average Bonchev–Trinajstić information content (AvgIpc) is 2.70. The zero-order valence-corrected chi connectivity index (χ0v) is 9.84. The number of fused-ring (bicyclic) bond motifs is 1. The first-order chi connectivity index (χ1) is 7.36. The summed E-state index contributed by atoms with van der Waals surface area (Å²) in [7, 11) is 0. The van der Waals surface area contributed by atoms with Crippen LogP contribution in [0, 0.1) is 0 Å². The number of hydrogen-bond donors (Lipinski definition) is 0. The Hall–Kier alpha value is -1.04. The Morgan fingerprint density at radius 1 is 1.07 bits per heavy atom. The lowest BCUT2D eigenvalue weighted by molar-refractivity contribution is 0.857. The average molecular weight is 200 g/mol. The van der Waals surface area contributed by atoms with Crippen LogP contribution < -0.4 is 0 Å². The van der Waals surface area contributed by atoms with E-state index in [4.69, 9.17) is 0 Å². The summed E-state index contributed by atoms with van der Waals surface area (Å²) >= 11 is 0. The first-order valence-electron chi connectivity index (χ1n) is 6.17. The highest BCUT2D eigenvalue weighted by molar-refractivity contribution is 5.65. The molecule has 0 aliphatic heterocycles. The van der Waals surface area contributed by atoms with E-state index in [0.717, 1.165) is 6.42 Å². The van der Waals surface area contributed by atoms with Gasteiger partial charge in [-0.1, -0.05) is 51.0 Å². The summed E-state index contributed by atoms with van der Waals surface area (Å²) in [6.07, 6.45) is 10.7. The van der Waals surface area contributed by atoms with E-state index in [0.29, 0.717) is 0 Å². The highest BCUT2D eigenvalue weighted by Crippen LogP contribution is 2.28. The Labute approximate surface area is 93.0 Å². The molecule has 1 aromatic rings. The van der Waals surface area contributed by atoms with E-state index in [1.54, 1.807) is 11.1 Å². The minimum absolute atomic E-state index is 1.14. The van der Waals surface area contributed by atoms with Crippen molar-refractivity contribution in [3.8, 4) is 0 Å². The lowest BCUT2D eigenvalue weighted by atomic mass is 9.92. The summed E-state index contributed by atoms with van der Waals surface area (Å²) in [5, 5.41) is 0. The Bertz CT molecular complexity index is 372. The van der Waals surface area contributed by atoms with Gasteiger partial charge in [-0.2, -0.15) is 0 Å². The molecule has 0 heteroatoms. The van der Waals surface area contributed by atoms with Crippen LogP contribution in [-0.2, 0) is 19.3 Å². The van der Waals surface area contributed by atoms with Crippen molar-refractivity contribution in [2.75, 3.05) is 0 Å². The molecule has 0 heterocycles. The van der Waals surface area contributed by atoms with Crippen LogP contribution in [0.25, 0.3) is 6.08 Å². The van der Waals surface area contributed by atoms with Crippen LogP contribution in [0.2, 0.25) is 0 Å². The van der Waals surface area contributed by atoms with Crippen LogP contribution in [0.4, 0.5) is 0 Å². The van der Waals surface area contributed by atoms with Crippen molar-refractivity contribution in [3.05, 3.63) is 40.5 Å². The predicted molar refractivity (Wildman–Crippen MR) is 67.2 cm³/mol. The van der Waals surface area contributed by atoms with Gasteiger partial charge >= 0.3 is 0 Å². The maximum Gasteiger partial charge on any atom is -0.00881 e. The van der Waals surface area contributed by atoms with Gasteiger partial charge in [0, 0.05) is 0 Å². The normalized spacial score (nSPS) is 13.2. The van der Waals surface area contributed by atoms with Gasteiger partial charge in [-0.25, -0.2) is 0 Å². The van der Waals surface area contributed by atoms with Crippen LogP contribution in [-0.4, -0.2) is 0 Å². The summed E-state index contributed by atoms with van der Waals surface area (Å²) in [6.45, 7) is 4.53. The minimum Gasteiger partial charge on any atom is -0.0795 e. The van der Waals surface area contributed by atoms with Crippen LogP contribution in [0.1, 0.15) is 48.9 Å². The van der Waals surface area contributed by atoms with E-state index in [1.807, 2.05) is 0 Å². The number of hydrogen-bond acceptors (Lipinski definition) is 0. The van der Waals surface area contributed by atoms with Gasteiger partial charge in [-0.15, -0.1) is 0 Å². The summed E-state index contributed by atoms with van der Waals surface area (Å²) in [5.74, 6) is 0. The SMILES string of the molecule is CCCc1ccc2c(c1CCC)C=CC2. The van der Waals surface area contributed by atoms with Gasteiger partial charge < -0.3 is 0 Å². The van der Waals surface area contributed by atoms with Crippen LogP contribution >= 0.6 is 0 Å². The Morgan fingerprint density at radius 2 is 1.87 bits per heavy atom. The minimum atomic E-state index is 1.14. The Kier molecular flexibility index (Phi) is 3.25. The van der Waals surface area contributed by atoms with Crippen LogP contribution in [0.3, 0.4) is 0 Å². The van der Waals surface area contributed by atoms with E-state index < -0.39 is 0 Å². The first kappa shape index (κ1) is 10.5. The second kappa shape index (κ2) is 4.65. The molecular weight excluding hydrogens is 180 g/mol. The van der Waals surface area contributed by atoms with Crippen LogP contribution in [0.15, 0.2) is 18.2 Å². The maximum atomic E-state index is 2.35. The molecule has 0 fully saturated rings. The fourth-order valence-corrected chi connectivity index (χ4v) is 2.50. The third-order valence-corrected chi connectivity index (χ3v) is 3.19. The summed E-state index contributed by atoms with van der Waals surface area (Å²) in [5.41, 5.74) is 6.25. The molecule has 1 aliphatic rings. The highest BCUT2D eigenvalue weighted by Gasteiger charge is 2.12. The molecule has 0 amide bonds. The molecule has 0 unspecified atom stereocenters. The molecule has 0 radical (unpaired) electrons. The molecule has 0 spiro atoms. The van der Waals surface area contributed by atoms with E-state index in [1.165, 1.54) is 36.8 Å². The van der Waals surface area contributed by atoms with Crippen LogP contribution in [0.5, 0.6) is 0 Å². The molecule has 0 atom stereocenters. The van der Waals surface area contributed by atoms with Crippen molar-refractivity contribution in [3.63, 3.8) is 0 Å². The topological polar surface area (TPSA) is 0 Å². The first-order valence-corrected chi connectivity index (χ1v) is 6.17. The van der Waals surface area contributed by atoms with Gasteiger partial charge in [-0.3, -0.25) is 0 Å². The molecule has 2 rings (SSSR count). The second-order valence-corrected chi connectivity index (χ2v) is 4.38. The zero-order chi connectivity index (χ0) is 10.7. The molecule has 0 nitrogen and oxygen atoms in total. The summed E-state index contributed by atoms with van der Waals surface area (Å²) in [4.78, 5) is 0. The van der Waals surface area contributed by atoms with E-state index in [2.05, 4.69) is 38.1 Å². The maximum absolute atomic E-state index is 2.35. The Morgan fingerprint density at radius 3 is 2.60 bits per heavy atom. The monoisotopic (exact) mass is 200 g/mol. The number of rotatable bonds is 4. The number of benzene rings is 1. The third kappa shape index (κ3) is 1.99. The quantitative estimate of drug-likeness (QED) is 0.684. The summed E-state index contributed by atoms with van der Waals surface area (Å²) < 4.78 is 0. The van der Waals surface area contributed by atoms with Gasteiger partial charge in [0.25, 0.3) is 0 Å². The van der Waals surface area contributed by atoms with E-state index in [-0.39, 0.29) is 0 Å².